The van der Waals surface area contributed by atoms with Crippen LogP contribution in [0.2, 0.25) is 0 Å². The van der Waals surface area contributed by atoms with Gasteiger partial charge in [-0.15, -0.1) is 0 Å². The molecule has 1 N–H and O–H groups in total. The maximum Gasteiger partial charge on any atom is 0.0412 e. The Labute approximate surface area is 122 Å². The molecule has 1 saturated heterocycles. The van der Waals surface area contributed by atoms with Gasteiger partial charge in [0.15, 0.2) is 0 Å². The molecule has 0 radical (unpaired) electrons. The molecule has 106 valence electrons. The van der Waals surface area contributed by atoms with Crippen LogP contribution in [0.5, 0.6) is 0 Å². The van der Waals surface area contributed by atoms with Crippen molar-refractivity contribution in [2.75, 3.05) is 30.3 Å². The minimum absolute atomic E-state index is 0.742. The van der Waals surface area contributed by atoms with Crippen LogP contribution in [0.4, 0.5) is 5.69 Å². The monoisotopic (exact) mass is 278 g/mol. The largest absolute Gasteiger partial charge is 0.369 e. The van der Waals surface area contributed by atoms with Crippen molar-refractivity contribution in [2.24, 2.45) is 0 Å². The van der Waals surface area contributed by atoms with Gasteiger partial charge in [-0.05, 0) is 31.5 Å². The van der Waals surface area contributed by atoms with E-state index < -0.39 is 0 Å². The Hall–Kier alpha value is -0.670. The third kappa shape index (κ3) is 4.15. The first kappa shape index (κ1) is 14.7. The van der Waals surface area contributed by atoms with Crippen molar-refractivity contribution in [3.63, 3.8) is 0 Å². The number of rotatable bonds is 5. The first-order chi connectivity index (χ1) is 9.20. The van der Waals surface area contributed by atoms with Crippen LogP contribution in [-0.2, 0) is 6.54 Å². The molecule has 1 aromatic rings. The van der Waals surface area contributed by atoms with E-state index in [0.717, 1.165) is 18.3 Å². The number of aryl methyl sites for hydroxylation is 1. The lowest BCUT2D eigenvalue weighted by atomic mass is 10.1. The zero-order valence-electron chi connectivity index (χ0n) is 12.4. The van der Waals surface area contributed by atoms with E-state index in [-0.39, 0.29) is 0 Å². The minimum atomic E-state index is 0.742. The fourth-order valence-electron chi connectivity index (χ4n) is 2.60. The van der Waals surface area contributed by atoms with Crippen molar-refractivity contribution in [1.82, 2.24) is 5.32 Å². The SMILES string of the molecule is CCCNCc1cc(C)ccc1N1CCSC(C)C1. The summed E-state index contributed by atoms with van der Waals surface area (Å²) in [6, 6.07) is 6.89. The van der Waals surface area contributed by atoms with Gasteiger partial charge in [-0.3, -0.25) is 0 Å². The summed E-state index contributed by atoms with van der Waals surface area (Å²) in [5.41, 5.74) is 4.24. The molecule has 2 nitrogen and oxygen atoms in total. The van der Waals surface area contributed by atoms with E-state index in [4.69, 9.17) is 0 Å². The second-order valence-corrected chi connectivity index (χ2v) is 6.98. The van der Waals surface area contributed by atoms with E-state index in [0.29, 0.717) is 0 Å². The van der Waals surface area contributed by atoms with Crippen LogP contribution >= 0.6 is 11.8 Å². The number of nitrogens with zero attached hydrogens (tertiary/aromatic N) is 1. The minimum Gasteiger partial charge on any atom is -0.369 e. The van der Waals surface area contributed by atoms with Crippen molar-refractivity contribution >= 4 is 17.4 Å². The van der Waals surface area contributed by atoms with E-state index >= 15 is 0 Å². The number of hydrogen-bond donors (Lipinski definition) is 1. The quantitative estimate of drug-likeness (QED) is 0.831. The van der Waals surface area contributed by atoms with E-state index in [1.54, 1.807) is 0 Å². The number of anilines is 1. The van der Waals surface area contributed by atoms with Crippen LogP contribution in [0.25, 0.3) is 0 Å². The van der Waals surface area contributed by atoms with Gasteiger partial charge < -0.3 is 10.2 Å². The predicted octanol–water partition coefficient (Wildman–Crippen LogP) is 3.44. The van der Waals surface area contributed by atoms with E-state index in [1.165, 1.54) is 42.1 Å². The molecule has 1 atom stereocenters. The zero-order valence-corrected chi connectivity index (χ0v) is 13.2. The first-order valence-electron chi connectivity index (χ1n) is 7.37. The molecule has 2 rings (SSSR count). The van der Waals surface area contributed by atoms with E-state index in [9.17, 15) is 0 Å². The number of benzene rings is 1. The molecule has 1 aromatic carbocycles. The fraction of sp³-hybridized carbons (Fsp3) is 0.625. The molecule has 0 amide bonds. The average Bonchev–Trinajstić information content (AvgIpc) is 2.39. The van der Waals surface area contributed by atoms with Gasteiger partial charge in [0.1, 0.15) is 0 Å². The van der Waals surface area contributed by atoms with Crippen molar-refractivity contribution in [2.45, 2.75) is 39.0 Å². The van der Waals surface area contributed by atoms with Crippen LogP contribution in [0.15, 0.2) is 18.2 Å². The topological polar surface area (TPSA) is 15.3 Å². The third-order valence-electron chi connectivity index (χ3n) is 3.56. The summed E-state index contributed by atoms with van der Waals surface area (Å²) in [5, 5.41) is 4.28. The molecule has 19 heavy (non-hydrogen) atoms. The van der Waals surface area contributed by atoms with Gasteiger partial charge in [0.25, 0.3) is 0 Å². The van der Waals surface area contributed by atoms with Crippen LogP contribution < -0.4 is 10.2 Å². The summed E-state index contributed by atoms with van der Waals surface area (Å²) < 4.78 is 0. The molecule has 0 bridgehead atoms. The van der Waals surface area contributed by atoms with Crippen molar-refractivity contribution < 1.29 is 0 Å². The number of nitrogens with one attached hydrogen (secondary N) is 1. The summed E-state index contributed by atoms with van der Waals surface area (Å²) >= 11 is 2.09. The highest BCUT2D eigenvalue weighted by Gasteiger charge is 2.19. The summed E-state index contributed by atoms with van der Waals surface area (Å²) in [7, 11) is 0. The van der Waals surface area contributed by atoms with Gasteiger partial charge in [-0.25, -0.2) is 0 Å². The highest BCUT2D eigenvalue weighted by molar-refractivity contribution is 8.00. The fourth-order valence-corrected chi connectivity index (χ4v) is 3.61. The molecular formula is C16H26N2S. The molecule has 0 saturated carbocycles. The maximum atomic E-state index is 3.54. The first-order valence-corrected chi connectivity index (χ1v) is 8.42. The Bertz CT molecular complexity index is 406. The lowest BCUT2D eigenvalue weighted by Crippen LogP contribution is -2.37. The Morgan fingerprint density at radius 1 is 1.42 bits per heavy atom. The molecule has 1 fully saturated rings. The highest BCUT2D eigenvalue weighted by Crippen LogP contribution is 2.27. The molecule has 0 aromatic heterocycles. The van der Waals surface area contributed by atoms with Crippen LogP contribution in [0.3, 0.4) is 0 Å². The lowest BCUT2D eigenvalue weighted by Gasteiger charge is -2.34. The Morgan fingerprint density at radius 2 is 2.26 bits per heavy atom. The molecule has 1 aliphatic rings. The molecule has 1 unspecified atom stereocenters. The van der Waals surface area contributed by atoms with Crippen LogP contribution in [-0.4, -0.2) is 30.6 Å². The van der Waals surface area contributed by atoms with Crippen molar-refractivity contribution in [3.05, 3.63) is 29.3 Å². The smallest absolute Gasteiger partial charge is 0.0412 e. The summed E-state index contributed by atoms with van der Waals surface area (Å²) in [6.45, 7) is 11.2. The second kappa shape index (κ2) is 7.20. The lowest BCUT2D eigenvalue weighted by molar-refractivity contribution is 0.670. The Kier molecular flexibility index (Phi) is 5.59. The summed E-state index contributed by atoms with van der Waals surface area (Å²) in [4.78, 5) is 2.56. The Morgan fingerprint density at radius 3 is 3.00 bits per heavy atom. The molecule has 0 spiro atoms. The standard InChI is InChI=1S/C16H26N2S/c1-4-7-17-11-15-10-13(2)5-6-16(15)18-8-9-19-14(3)12-18/h5-6,10,14,17H,4,7-9,11-12H2,1-3H3. The average molecular weight is 278 g/mol. The maximum absolute atomic E-state index is 3.54. The molecule has 1 aliphatic heterocycles. The van der Waals surface area contributed by atoms with Crippen molar-refractivity contribution in [3.8, 4) is 0 Å². The van der Waals surface area contributed by atoms with Gasteiger partial charge in [-0.2, -0.15) is 11.8 Å². The summed E-state index contributed by atoms with van der Waals surface area (Å²) in [6.07, 6.45) is 1.19. The third-order valence-corrected chi connectivity index (χ3v) is 4.70. The van der Waals surface area contributed by atoms with Crippen LogP contribution in [0.1, 0.15) is 31.4 Å². The zero-order chi connectivity index (χ0) is 13.7. The Balaban J connectivity index is 2.13. The summed E-state index contributed by atoms with van der Waals surface area (Å²) in [5.74, 6) is 1.25. The van der Waals surface area contributed by atoms with Gasteiger partial charge in [-0.1, -0.05) is 31.5 Å². The molecule has 0 aliphatic carbocycles. The van der Waals surface area contributed by atoms with Gasteiger partial charge in [0, 0.05) is 36.3 Å². The second-order valence-electron chi connectivity index (χ2n) is 5.44. The van der Waals surface area contributed by atoms with E-state index in [2.05, 4.69) is 60.9 Å². The predicted molar refractivity (Wildman–Crippen MR) is 87.3 cm³/mol. The van der Waals surface area contributed by atoms with E-state index in [1.807, 2.05) is 0 Å². The number of hydrogen-bond acceptors (Lipinski definition) is 3. The number of thioether (sulfide) groups is 1. The van der Waals surface area contributed by atoms with Crippen molar-refractivity contribution in [1.29, 1.82) is 0 Å². The van der Waals surface area contributed by atoms with Crippen LogP contribution in [0, 0.1) is 6.92 Å². The van der Waals surface area contributed by atoms with Gasteiger partial charge in [0.05, 0.1) is 0 Å². The molecule has 3 heteroatoms. The normalized spacial score (nSPS) is 19.7. The van der Waals surface area contributed by atoms with Gasteiger partial charge >= 0.3 is 0 Å². The molecular weight excluding hydrogens is 252 g/mol. The van der Waals surface area contributed by atoms with Gasteiger partial charge in [0.2, 0.25) is 0 Å². The molecule has 1 heterocycles. The highest BCUT2D eigenvalue weighted by atomic mass is 32.2.